The Labute approximate surface area is 152 Å². The predicted molar refractivity (Wildman–Crippen MR) is 96.1 cm³/mol. The zero-order valence-electron chi connectivity index (χ0n) is 14.7. The Balaban J connectivity index is 1.57. The average molecular weight is 366 g/mol. The van der Waals surface area contributed by atoms with Crippen molar-refractivity contribution in [2.75, 3.05) is 14.2 Å². The molecule has 6 nitrogen and oxygen atoms in total. The highest BCUT2D eigenvalue weighted by molar-refractivity contribution is 7.15. The number of methoxy groups -OCH3 is 2. The molecule has 138 valence electrons. The minimum atomic E-state index is -0.131. The van der Waals surface area contributed by atoms with Crippen LogP contribution in [0.25, 0.3) is 0 Å². The number of hydrogen-bond acceptors (Lipinski definition) is 5. The van der Waals surface area contributed by atoms with Crippen molar-refractivity contribution in [1.29, 1.82) is 0 Å². The molecule has 25 heavy (non-hydrogen) atoms. The minimum absolute atomic E-state index is 0.0535. The van der Waals surface area contributed by atoms with Gasteiger partial charge in [-0.15, -0.1) is 11.3 Å². The first-order valence-corrected chi connectivity index (χ1v) is 9.71. The van der Waals surface area contributed by atoms with E-state index >= 15 is 0 Å². The first-order valence-electron chi connectivity index (χ1n) is 8.89. The zero-order valence-corrected chi connectivity index (χ0v) is 15.6. The Hall–Kier alpha value is -1.44. The standard InChI is InChI=1S/C18H26N2O4S/c1-23-13-7-3-5-11(13)19-17(21)15-9-10-16(25-15)18(22)20-12-6-4-8-14(12)24-2/h9-14H,3-8H2,1-2H3,(H,19,21)(H,20,22)/t11-,12-,13+,14+/m0/s1. The lowest BCUT2D eigenvalue weighted by Crippen LogP contribution is -2.40. The van der Waals surface area contributed by atoms with Crippen molar-refractivity contribution < 1.29 is 19.1 Å². The second kappa shape index (κ2) is 8.29. The van der Waals surface area contributed by atoms with Gasteiger partial charge in [-0.3, -0.25) is 9.59 Å². The van der Waals surface area contributed by atoms with Gasteiger partial charge in [0, 0.05) is 14.2 Å². The van der Waals surface area contributed by atoms with Crippen molar-refractivity contribution in [3.63, 3.8) is 0 Å². The van der Waals surface area contributed by atoms with Crippen LogP contribution in [0.5, 0.6) is 0 Å². The van der Waals surface area contributed by atoms with Crippen LogP contribution in [0, 0.1) is 0 Å². The minimum Gasteiger partial charge on any atom is -0.379 e. The van der Waals surface area contributed by atoms with E-state index in [1.54, 1.807) is 26.4 Å². The summed E-state index contributed by atoms with van der Waals surface area (Å²) < 4.78 is 10.8. The molecule has 0 spiro atoms. The average Bonchev–Trinajstić information content (AvgIpc) is 3.34. The maximum absolute atomic E-state index is 12.4. The number of nitrogens with one attached hydrogen (secondary N) is 2. The summed E-state index contributed by atoms with van der Waals surface area (Å²) in [5.74, 6) is -0.262. The fourth-order valence-corrected chi connectivity index (χ4v) is 4.62. The summed E-state index contributed by atoms with van der Waals surface area (Å²) in [4.78, 5) is 26.0. The van der Waals surface area contributed by atoms with Crippen LogP contribution in [0.2, 0.25) is 0 Å². The van der Waals surface area contributed by atoms with Crippen LogP contribution >= 0.6 is 11.3 Å². The second-order valence-corrected chi connectivity index (χ2v) is 7.82. The highest BCUT2D eigenvalue weighted by Gasteiger charge is 2.30. The normalized spacial score (nSPS) is 28.9. The van der Waals surface area contributed by atoms with Crippen LogP contribution in [0.4, 0.5) is 0 Å². The van der Waals surface area contributed by atoms with E-state index in [9.17, 15) is 9.59 Å². The van der Waals surface area contributed by atoms with E-state index in [0.717, 1.165) is 38.5 Å². The van der Waals surface area contributed by atoms with Crippen molar-refractivity contribution >= 4 is 23.2 Å². The first-order chi connectivity index (χ1) is 12.1. The molecule has 0 bridgehead atoms. The summed E-state index contributed by atoms with van der Waals surface area (Å²) in [6.07, 6.45) is 6.10. The van der Waals surface area contributed by atoms with Crippen molar-refractivity contribution in [3.8, 4) is 0 Å². The van der Waals surface area contributed by atoms with Gasteiger partial charge in [-0.25, -0.2) is 0 Å². The highest BCUT2D eigenvalue weighted by Crippen LogP contribution is 2.25. The van der Waals surface area contributed by atoms with E-state index in [2.05, 4.69) is 10.6 Å². The van der Waals surface area contributed by atoms with Gasteiger partial charge in [0.15, 0.2) is 0 Å². The number of amides is 2. The highest BCUT2D eigenvalue weighted by atomic mass is 32.1. The lowest BCUT2D eigenvalue weighted by atomic mass is 10.2. The summed E-state index contributed by atoms with van der Waals surface area (Å²) in [6.45, 7) is 0. The van der Waals surface area contributed by atoms with Gasteiger partial charge in [0.1, 0.15) is 0 Å². The van der Waals surface area contributed by atoms with Gasteiger partial charge in [0.2, 0.25) is 0 Å². The zero-order chi connectivity index (χ0) is 17.8. The third-order valence-corrected chi connectivity index (χ3v) is 6.28. The molecule has 0 unspecified atom stereocenters. The molecule has 2 aliphatic carbocycles. The van der Waals surface area contributed by atoms with Gasteiger partial charge in [0.25, 0.3) is 11.8 Å². The largest absolute Gasteiger partial charge is 0.379 e. The topological polar surface area (TPSA) is 76.7 Å². The van der Waals surface area contributed by atoms with Crippen LogP contribution < -0.4 is 10.6 Å². The molecule has 2 N–H and O–H groups in total. The molecule has 4 atom stereocenters. The molecule has 1 heterocycles. The predicted octanol–water partition coefficient (Wildman–Crippen LogP) is 2.34. The van der Waals surface area contributed by atoms with Crippen molar-refractivity contribution in [2.45, 2.75) is 62.8 Å². The number of hydrogen-bond donors (Lipinski definition) is 2. The molecule has 2 aliphatic rings. The number of ether oxygens (including phenoxy) is 2. The number of carbonyl (C=O) groups excluding carboxylic acids is 2. The lowest BCUT2D eigenvalue weighted by molar-refractivity contribution is 0.0723. The Bertz CT molecular complexity index is 567. The number of thiophene rings is 1. The van der Waals surface area contributed by atoms with Crippen molar-refractivity contribution in [1.82, 2.24) is 10.6 Å². The summed E-state index contributed by atoms with van der Waals surface area (Å²) >= 11 is 1.23. The van der Waals surface area contributed by atoms with Gasteiger partial charge < -0.3 is 20.1 Å². The number of carbonyl (C=O) groups is 2. The third kappa shape index (κ3) is 4.22. The quantitative estimate of drug-likeness (QED) is 0.810. The van der Waals surface area contributed by atoms with E-state index < -0.39 is 0 Å². The Morgan fingerprint density at radius 1 is 0.880 bits per heavy atom. The lowest BCUT2D eigenvalue weighted by Gasteiger charge is -2.19. The molecule has 1 aromatic rings. The maximum atomic E-state index is 12.4. The van der Waals surface area contributed by atoms with E-state index in [0.29, 0.717) is 9.75 Å². The summed E-state index contributed by atoms with van der Waals surface area (Å²) in [5, 5.41) is 6.07. The Morgan fingerprint density at radius 3 is 1.72 bits per heavy atom. The fourth-order valence-electron chi connectivity index (χ4n) is 3.81. The van der Waals surface area contributed by atoms with Crippen LogP contribution in [0.1, 0.15) is 57.9 Å². The molecule has 0 aliphatic heterocycles. The van der Waals surface area contributed by atoms with Crippen LogP contribution in [-0.4, -0.2) is 50.3 Å². The van der Waals surface area contributed by atoms with Gasteiger partial charge >= 0.3 is 0 Å². The SMILES string of the molecule is CO[C@@H]1CCC[C@@H]1NC(=O)c1ccc(C(=O)N[C@H]2CCC[C@H]2OC)s1. The van der Waals surface area contributed by atoms with Gasteiger partial charge in [-0.1, -0.05) is 0 Å². The Morgan fingerprint density at radius 2 is 1.32 bits per heavy atom. The molecule has 2 saturated carbocycles. The van der Waals surface area contributed by atoms with Crippen molar-refractivity contribution in [3.05, 3.63) is 21.9 Å². The smallest absolute Gasteiger partial charge is 0.261 e. The van der Waals surface area contributed by atoms with Gasteiger partial charge in [-0.2, -0.15) is 0 Å². The molecular weight excluding hydrogens is 340 g/mol. The van der Waals surface area contributed by atoms with E-state index in [4.69, 9.17) is 9.47 Å². The first kappa shape index (κ1) is 18.4. The summed E-state index contributed by atoms with van der Waals surface area (Å²) in [5.41, 5.74) is 0. The van der Waals surface area contributed by atoms with Crippen molar-refractivity contribution in [2.24, 2.45) is 0 Å². The molecule has 2 fully saturated rings. The molecule has 0 saturated heterocycles. The van der Waals surface area contributed by atoms with Crippen LogP contribution in [0.3, 0.4) is 0 Å². The maximum Gasteiger partial charge on any atom is 0.261 e. The molecule has 7 heteroatoms. The number of rotatable bonds is 6. The van der Waals surface area contributed by atoms with Gasteiger partial charge in [-0.05, 0) is 50.7 Å². The molecule has 0 radical (unpaired) electrons. The summed E-state index contributed by atoms with van der Waals surface area (Å²) in [7, 11) is 3.36. The van der Waals surface area contributed by atoms with Crippen LogP contribution in [-0.2, 0) is 9.47 Å². The monoisotopic (exact) mass is 366 g/mol. The van der Waals surface area contributed by atoms with E-state index in [1.165, 1.54) is 11.3 Å². The van der Waals surface area contributed by atoms with Gasteiger partial charge in [0.05, 0.1) is 34.0 Å². The fraction of sp³-hybridized carbons (Fsp3) is 0.667. The Kier molecular flexibility index (Phi) is 6.09. The van der Waals surface area contributed by atoms with E-state index in [1.807, 2.05) is 0 Å². The third-order valence-electron chi connectivity index (χ3n) is 5.20. The molecular formula is C18H26N2O4S. The molecule has 0 aromatic carbocycles. The summed E-state index contributed by atoms with van der Waals surface area (Å²) in [6, 6.07) is 3.54. The van der Waals surface area contributed by atoms with E-state index in [-0.39, 0.29) is 36.1 Å². The van der Waals surface area contributed by atoms with Crippen LogP contribution in [0.15, 0.2) is 12.1 Å². The molecule has 3 rings (SSSR count). The molecule has 2 amide bonds. The molecule has 1 aromatic heterocycles. The second-order valence-electron chi connectivity index (χ2n) is 6.73.